The van der Waals surface area contributed by atoms with Crippen LogP contribution in [0.25, 0.3) is 0 Å². The van der Waals surface area contributed by atoms with Crippen LogP contribution in [0.15, 0.2) is 48.6 Å². The molecule has 5 N–H and O–H groups in total. The van der Waals surface area contributed by atoms with Crippen LogP contribution in [0.1, 0.15) is 136 Å². The van der Waals surface area contributed by atoms with Gasteiger partial charge in [-0.25, -0.2) is 0 Å². The molecule has 0 radical (unpaired) electrons. The molecule has 0 aliphatic heterocycles. The molecule has 9 nitrogen and oxygen atoms in total. The van der Waals surface area contributed by atoms with Crippen LogP contribution in [0, 0.1) is 0 Å². The third-order valence-corrected chi connectivity index (χ3v) is 9.22. The Bertz CT molecular complexity index is 951. The zero-order chi connectivity index (χ0) is 36.4. The van der Waals surface area contributed by atoms with E-state index in [0.717, 1.165) is 32.1 Å². The number of carboxylic acids is 1. The number of thioether (sulfide) groups is 1. The Morgan fingerprint density at radius 3 is 2.00 bits per heavy atom. The predicted octanol–water partition coefficient (Wildman–Crippen LogP) is 7.98. The number of aliphatic carboxylic acids is 1. The monoisotopic (exact) mass is 709 g/mol. The van der Waals surface area contributed by atoms with Gasteiger partial charge < -0.3 is 30.5 Å². The molecule has 0 spiro atoms. The minimum Gasteiger partial charge on any atom is -0.481 e. The van der Waals surface area contributed by atoms with Gasteiger partial charge in [-0.05, 0) is 38.5 Å². The highest BCUT2D eigenvalue weighted by Gasteiger charge is 2.22. The first-order valence-corrected chi connectivity index (χ1v) is 19.7. The summed E-state index contributed by atoms with van der Waals surface area (Å²) >= 11 is 1.27. The van der Waals surface area contributed by atoms with Crippen LogP contribution in [0.4, 0.5) is 0 Å². The molecular formula is C39H67NO8S. The summed E-state index contributed by atoms with van der Waals surface area (Å²) in [5.74, 6) is -1.87. The van der Waals surface area contributed by atoms with Gasteiger partial charge in [-0.3, -0.25) is 14.4 Å². The first kappa shape index (κ1) is 46.6. The van der Waals surface area contributed by atoms with Crippen molar-refractivity contribution in [1.82, 2.24) is 0 Å². The van der Waals surface area contributed by atoms with E-state index in [9.17, 15) is 24.6 Å². The van der Waals surface area contributed by atoms with Crippen molar-refractivity contribution in [2.75, 3.05) is 19.0 Å². The first-order valence-electron chi connectivity index (χ1n) is 18.6. The maximum atomic E-state index is 12.5. The number of aliphatic hydroxyl groups is 2. The number of hydrogen-bond acceptors (Lipinski definition) is 9. The van der Waals surface area contributed by atoms with E-state index in [0.29, 0.717) is 12.8 Å². The van der Waals surface area contributed by atoms with Crippen molar-refractivity contribution in [2.24, 2.45) is 5.73 Å². The Hall–Kier alpha value is -2.40. The number of aliphatic hydroxyl groups excluding tert-OH is 2. The van der Waals surface area contributed by atoms with Gasteiger partial charge in [0.15, 0.2) is 0 Å². The van der Waals surface area contributed by atoms with Gasteiger partial charge in [-0.2, -0.15) is 0 Å². The highest BCUT2D eigenvalue weighted by atomic mass is 32.2. The van der Waals surface area contributed by atoms with Gasteiger partial charge in [-0.15, -0.1) is 11.8 Å². The summed E-state index contributed by atoms with van der Waals surface area (Å²) in [4.78, 5) is 35.4. The highest BCUT2D eigenvalue weighted by Crippen LogP contribution is 2.21. The van der Waals surface area contributed by atoms with E-state index in [-0.39, 0.29) is 37.8 Å². The highest BCUT2D eigenvalue weighted by molar-refractivity contribution is 8.00. The van der Waals surface area contributed by atoms with Crippen LogP contribution in [0.3, 0.4) is 0 Å². The minimum absolute atomic E-state index is 0.0430. The second kappa shape index (κ2) is 34.1. The average Bonchev–Trinajstić information content (AvgIpc) is 3.08. The lowest BCUT2D eigenvalue weighted by molar-refractivity contribution is -0.153. The standard InChI is InChI=1S/C39H67NO8S/c1-3-5-7-9-11-13-15-16-17-19-21-23-27-36(35(42)26-25-28-37(43)44)49-32-34(40)39(46)48-31-33(41)30-47-38(45)29-24-22-20-18-14-12-10-8-6-4-2/h11,13,16-17,19,21,23,27,33-36,41-42H,3-10,12,14-15,18,20,22,24-26,28-32,40H2,1-2H3,(H,43,44)/b13-11-,17-16-,21-19+,27-23+/t33-,34-,35-,36+/m0/s1. The van der Waals surface area contributed by atoms with Crippen molar-refractivity contribution < 1.29 is 39.2 Å². The maximum Gasteiger partial charge on any atom is 0.323 e. The number of carboxylic acid groups (broad SMARTS) is 1. The summed E-state index contributed by atoms with van der Waals surface area (Å²) < 4.78 is 10.3. The van der Waals surface area contributed by atoms with E-state index >= 15 is 0 Å². The minimum atomic E-state index is -1.16. The van der Waals surface area contributed by atoms with Crippen LogP contribution in [0.2, 0.25) is 0 Å². The molecule has 10 heteroatoms. The molecule has 0 aromatic heterocycles. The largest absolute Gasteiger partial charge is 0.481 e. The van der Waals surface area contributed by atoms with Crippen molar-refractivity contribution in [3.05, 3.63) is 48.6 Å². The lowest BCUT2D eigenvalue weighted by Crippen LogP contribution is -2.38. The molecule has 0 bridgehead atoms. The maximum absolute atomic E-state index is 12.5. The summed E-state index contributed by atoms with van der Waals surface area (Å²) in [6.07, 6.45) is 32.0. The normalized spacial score (nSPS) is 14.6. The van der Waals surface area contributed by atoms with Gasteiger partial charge in [0, 0.05) is 23.8 Å². The van der Waals surface area contributed by atoms with Gasteiger partial charge in [0.1, 0.15) is 25.4 Å². The number of hydrogen-bond donors (Lipinski definition) is 4. The summed E-state index contributed by atoms with van der Waals surface area (Å²) in [5.41, 5.74) is 6.03. The Balaban J connectivity index is 4.49. The third kappa shape index (κ3) is 31.3. The number of unbranched alkanes of at least 4 members (excludes halogenated alkanes) is 12. The van der Waals surface area contributed by atoms with Crippen LogP contribution in [0.5, 0.6) is 0 Å². The molecule has 4 atom stereocenters. The van der Waals surface area contributed by atoms with Crippen molar-refractivity contribution in [3.8, 4) is 0 Å². The van der Waals surface area contributed by atoms with Crippen LogP contribution in [-0.4, -0.2) is 75.7 Å². The SMILES string of the molecule is CCCCC/C=C\C\C=C/C=C/C=C/[C@@H](SC[C@H](N)C(=O)OC[C@@H](O)COC(=O)CCCCCCCCCCCC)[C@@H](O)CCCC(=O)O. The number of ether oxygens (including phenoxy) is 2. The van der Waals surface area contributed by atoms with Crippen molar-refractivity contribution >= 4 is 29.7 Å². The van der Waals surface area contributed by atoms with Gasteiger partial charge >= 0.3 is 17.9 Å². The molecule has 0 rings (SSSR count). The van der Waals surface area contributed by atoms with Crippen molar-refractivity contribution in [1.29, 1.82) is 0 Å². The van der Waals surface area contributed by atoms with Gasteiger partial charge in [0.25, 0.3) is 0 Å². The molecule has 0 saturated carbocycles. The molecule has 0 aliphatic carbocycles. The summed E-state index contributed by atoms with van der Waals surface area (Å²) in [5, 5.41) is 29.4. The first-order chi connectivity index (χ1) is 23.7. The number of allylic oxidation sites excluding steroid dienone is 7. The Labute approximate surface area is 300 Å². The fourth-order valence-electron chi connectivity index (χ4n) is 4.82. The Kier molecular flexibility index (Phi) is 32.4. The Morgan fingerprint density at radius 2 is 1.33 bits per heavy atom. The van der Waals surface area contributed by atoms with E-state index in [1.165, 1.54) is 76.0 Å². The fraction of sp³-hybridized carbons (Fsp3) is 0.718. The molecule has 0 fully saturated rings. The number of nitrogens with two attached hydrogens (primary N) is 1. The quantitative estimate of drug-likeness (QED) is 0.0228. The van der Waals surface area contributed by atoms with Crippen LogP contribution >= 0.6 is 11.8 Å². The number of esters is 2. The predicted molar refractivity (Wildman–Crippen MR) is 201 cm³/mol. The molecular weight excluding hydrogens is 642 g/mol. The molecule has 0 amide bonds. The smallest absolute Gasteiger partial charge is 0.323 e. The fourth-order valence-corrected chi connectivity index (χ4v) is 5.95. The number of carbonyl (C=O) groups excluding carboxylic acids is 2. The lowest BCUT2D eigenvalue weighted by atomic mass is 10.1. The van der Waals surface area contributed by atoms with Gasteiger partial charge in [0.05, 0.1) is 6.10 Å². The third-order valence-electron chi connectivity index (χ3n) is 7.81. The zero-order valence-electron chi connectivity index (χ0n) is 30.4. The molecule has 0 aromatic rings. The van der Waals surface area contributed by atoms with E-state index in [2.05, 4.69) is 32.1 Å². The van der Waals surface area contributed by atoms with Crippen molar-refractivity contribution in [3.63, 3.8) is 0 Å². The molecule has 282 valence electrons. The molecule has 0 aromatic carbocycles. The van der Waals surface area contributed by atoms with Crippen LogP contribution in [-0.2, 0) is 23.9 Å². The summed E-state index contributed by atoms with van der Waals surface area (Å²) in [6, 6.07) is -1.01. The Morgan fingerprint density at radius 1 is 0.714 bits per heavy atom. The second-order valence-corrected chi connectivity index (χ2v) is 13.8. The molecule has 0 heterocycles. The molecule has 0 saturated heterocycles. The summed E-state index contributed by atoms with van der Waals surface area (Å²) in [7, 11) is 0. The van der Waals surface area contributed by atoms with Gasteiger partial charge in [-0.1, -0.05) is 133 Å². The lowest BCUT2D eigenvalue weighted by Gasteiger charge is -2.21. The molecule has 0 unspecified atom stereocenters. The van der Waals surface area contributed by atoms with Gasteiger partial charge in [0.2, 0.25) is 0 Å². The topological polar surface area (TPSA) is 156 Å². The zero-order valence-corrected chi connectivity index (χ0v) is 31.2. The van der Waals surface area contributed by atoms with E-state index in [1.54, 1.807) is 12.2 Å². The number of rotatable bonds is 33. The molecule has 0 aliphatic rings. The van der Waals surface area contributed by atoms with Crippen molar-refractivity contribution in [2.45, 2.75) is 159 Å². The second-order valence-electron chi connectivity index (χ2n) is 12.6. The van der Waals surface area contributed by atoms with E-state index in [1.807, 2.05) is 18.2 Å². The van der Waals surface area contributed by atoms with E-state index < -0.39 is 35.4 Å². The van der Waals surface area contributed by atoms with E-state index in [4.69, 9.17) is 20.3 Å². The number of carbonyl (C=O) groups is 3. The molecule has 49 heavy (non-hydrogen) atoms. The average molecular weight is 710 g/mol. The van der Waals surface area contributed by atoms with Crippen LogP contribution < -0.4 is 5.73 Å². The summed E-state index contributed by atoms with van der Waals surface area (Å²) in [6.45, 7) is 3.80.